The van der Waals surface area contributed by atoms with Crippen molar-refractivity contribution in [2.24, 2.45) is 10.1 Å². The van der Waals surface area contributed by atoms with Gasteiger partial charge in [-0.2, -0.15) is 0 Å². The number of anilines is 1. The van der Waals surface area contributed by atoms with E-state index in [1.807, 2.05) is 33.8 Å². The Morgan fingerprint density at radius 3 is 2.62 bits per heavy atom. The highest BCUT2D eigenvalue weighted by molar-refractivity contribution is 6.35. The first-order valence-corrected chi connectivity index (χ1v) is 9.15. The normalized spacial score (nSPS) is 11.8. The minimum absolute atomic E-state index is 0.289. The van der Waals surface area contributed by atoms with Crippen LogP contribution in [0, 0.1) is 13.8 Å². The molecular weight excluding hydrogens is 369 g/mol. The summed E-state index contributed by atoms with van der Waals surface area (Å²) < 4.78 is 0. The maximum Gasteiger partial charge on any atom is 0.143 e. The molecule has 0 fully saturated rings. The summed E-state index contributed by atoms with van der Waals surface area (Å²) in [6.45, 7) is 9.11. The van der Waals surface area contributed by atoms with E-state index in [2.05, 4.69) is 27.6 Å². The Kier molecular flexibility index (Phi) is 7.49. The number of benzene rings is 2. The summed E-state index contributed by atoms with van der Waals surface area (Å²) >= 11 is 12.0. The summed E-state index contributed by atoms with van der Waals surface area (Å²) in [5.74, 6) is 0.902. The molecule has 0 radical (unpaired) electrons. The first-order chi connectivity index (χ1) is 12.4. The predicted molar refractivity (Wildman–Crippen MR) is 112 cm³/mol. The van der Waals surface area contributed by atoms with Gasteiger partial charge in [-0.25, -0.2) is 0 Å². The van der Waals surface area contributed by atoms with E-state index in [9.17, 15) is 0 Å². The van der Waals surface area contributed by atoms with E-state index in [0.717, 1.165) is 40.3 Å². The molecule has 0 bridgehead atoms. The molecule has 2 rings (SSSR count). The van der Waals surface area contributed by atoms with Crippen LogP contribution in [0.25, 0.3) is 0 Å². The maximum atomic E-state index is 6.12. The first kappa shape index (κ1) is 20.3. The molecule has 0 saturated heterocycles. The van der Waals surface area contributed by atoms with Crippen molar-refractivity contribution in [3.05, 3.63) is 62.6 Å². The van der Waals surface area contributed by atoms with Crippen molar-refractivity contribution in [2.75, 3.05) is 11.9 Å². The number of halogens is 2. The van der Waals surface area contributed by atoms with E-state index in [4.69, 9.17) is 28.0 Å². The lowest BCUT2D eigenvalue weighted by Crippen LogP contribution is -2.09. The molecule has 4 nitrogen and oxygen atoms in total. The predicted octanol–water partition coefficient (Wildman–Crippen LogP) is 6.01. The molecular formula is C20H23Cl2N3O. The quantitative estimate of drug-likeness (QED) is 0.372. The van der Waals surface area contributed by atoms with Crippen molar-refractivity contribution in [2.45, 2.75) is 34.3 Å². The summed E-state index contributed by atoms with van der Waals surface area (Å²) in [4.78, 5) is 9.73. The summed E-state index contributed by atoms with van der Waals surface area (Å²) in [5, 5.41) is 8.56. The van der Waals surface area contributed by atoms with E-state index < -0.39 is 0 Å². The second-order valence-corrected chi connectivity index (χ2v) is 6.80. The van der Waals surface area contributed by atoms with Crippen LogP contribution in [-0.2, 0) is 11.4 Å². The standard InChI is InChI=1S/C20H23Cl2N3O/c1-5-23-15(4)25-20-9-13(2)17(8-14(20)3)11-24-26-12-16-6-7-18(21)10-19(16)22/h6-11H,5,12H2,1-4H3,(H,23,25). The molecule has 26 heavy (non-hydrogen) atoms. The Hall–Kier alpha value is -2.04. The van der Waals surface area contributed by atoms with Gasteiger partial charge in [0.05, 0.1) is 12.1 Å². The van der Waals surface area contributed by atoms with Crippen molar-refractivity contribution in [3.8, 4) is 0 Å². The third-order valence-electron chi connectivity index (χ3n) is 3.83. The highest BCUT2D eigenvalue weighted by Gasteiger charge is 2.05. The van der Waals surface area contributed by atoms with Gasteiger partial charge in [0, 0.05) is 27.8 Å². The molecule has 6 heteroatoms. The number of rotatable bonds is 6. The molecule has 0 aromatic heterocycles. The summed E-state index contributed by atoms with van der Waals surface area (Å²) in [6, 6.07) is 9.45. The zero-order valence-electron chi connectivity index (χ0n) is 15.4. The number of nitrogens with one attached hydrogen (secondary N) is 1. The highest BCUT2D eigenvalue weighted by atomic mass is 35.5. The maximum absolute atomic E-state index is 6.12. The Balaban J connectivity index is 2.03. The number of hydrogen-bond donors (Lipinski definition) is 1. The minimum Gasteiger partial charge on any atom is -0.391 e. The largest absolute Gasteiger partial charge is 0.391 e. The fourth-order valence-corrected chi connectivity index (χ4v) is 2.89. The van der Waals surface area contributed by atoms with E-state index >= 15 is 0 Å². The average molecular weight is 392 g/mol. The van der Waals surface area contributed by atoms with Crippen LogP contribution >= 0.6 is 23.2 Å². The van der Waals surface area contributed by atoms with Gasteiger partial charge in [-0.15, -0.1) is 0 Å². The Morgan fingerprint density at radius 1 is 1.15 bits per heavy atom. The molecule has 1 N–H and O–H groups in total. The molecule has 0 aliphatic rings. The van der Waals surface area contributed by atoms with Crippen LogP contribution in [-0.4, -0.2) is 18.6 Å². The van der Waals surface area contributed by atoms with Crippen LogP contribution in [0.4, 0.5) is 5.69 Å². The molecule has 0 saturated carbocycles. The van der Waals surface area contributed by atoms with Crippen molar-refractivity contribution >= 4 is 40.9 Å². The zero-order chi connectivity index (χ0) is 19.1. The van der Waals surface area contributed by atoms with E-state index in [1.54, 1.807) is 18.3 Å². The monoisotopic (exact) mass is 391 g/mol. The number of nitrogens with zero attached hydrogens (tertiary/aromatic N) is 2. The lowest BCUT2D eigenvalue weighted by Gasteiger charge is -2.12. The SMILES string of the molecule is CCN=C(C)Nc1cc(C)c(C=NOCc2ccc(Cl)cc2Cl)cc1C. The molecule has 0 heterocycles. The molecule has 0 unspecified atom stereocenters. The molecule has 2 aromatic carbocycles. The lowest BCUT2D eigenvalue weighted by atomic mass is 10.0. The summed E-state index contributed by atoms with van der Waals surface area (Å²) in [5.41, 5.74) is 5.10. The van der Waals surface area contributed by atoms with Crippen LogP contribution in [0.5, 0.6) is 0 Å². The van der Waals surface area contributed by atoms with Crippen molar-refractivity contribution in [1.29, 1.82) is 0 Å². The van der Waals surface area contributed by atoms with Gasteiger partial charge < -0.3 is 10.2 Å². The van der Waals surface area contributed by atoms with Crippen molar-refractivity contribution < 1.29 is 4.84 Å². The van der Waals surface area contributed by atoms with Gasteiger partial charge in [0.25, 0.3) is 0 Å². The molecule has 0 atom stereocenters. The minimum atomic E-state index is 0.289. The Bertz CT molecular complexity index is 832. The third-order valence-corrected chi connectivity index (χ3v) is 4.41. The molecule has 138 valence electrons. The summed E-state index contributed by atoms with van der Waals surface area (Å²) in [6.07, 6.45) is 1.71. The van der Waals surface area contributed by atoms with Gasteiger partial charge >= 0.3 is 0 Å². The Labute approximate surface area is 164 Å². The second-order valence-electron chi connectivity index (χ2n) is 5.95. The van der Waals surface area contributed by atoms with Crippen molar-refractivity contribution in [3.63, 3.8) is 0 Å². The highest BCUT2D eigenvalue weighted by Crippen LogP contribution is 2.22. The van der Waals surface area contributed by atoms with Gasteiger partial charge in [-0.05, 0) is 68.7 Å². The average Bonchev–Trinajstić information content (AvgIpc) is 2.57. The van der Waals surface area contributed by atoms with E-state index in [-0.39, 0.29) is 6.61 Å². The number of oxime groups is 1. The lowest BCUT2D eigenvalue weighted by molar-refractivity contribution is 0.132. The van der Waals surface area contributed by atoms with Crippen molar-refractivity contribution in [1.82, 2.24) is 0 Å². The van der Waals surface area contributed by atoms with E-state index in [1.165, 1.54) is 0 Å². The van der Waals surface area contributed by atoms with Gasteiger partial charge in [-0.1, -0.05) is 34.4 Å². The topological polar surface area (TPSA) is 46.0 Å². The van der Waals surface area contributed by atoms with Crippen LogP contribution in [0.1, 0.15) is 36.1 Å². The molecule has 0 aliphatic heterocycles. The first-order valence-electron chi connectivity index (χ1n) is 8.39. The molecule has 0 spiro atoms. The van der Waals surface area contributed by atoms with E-state index in [0.29, 0.717) is 10.0 Å². The number of aryl methyl sites for hydroxylation is 2. The molecule has 2 aromatic rings. The van der Waals surface area contributed by atoms with Crippen LogP contribution in [0.3, 0.4) is 0 Å². The zero-order valence-corrected chi connectivity index (χ0v) is 16.9. The second kappa shape index (κ2) is 9.60. The van der Waals surface area contributed by atoms with Gasteiger partial charge in [0.15, 0.2) is 0 Å². The smallest absolute Gasteiger partial charge is 0.143 e. The van der Waals surface area contributed by atoms with Gasteiger partial charge in [0.1, 0.15) is 6.61 Å². The molecule has 0 aliphatic carbocycles. The van der Waals surface area contributed by atoms with Gasteiger partial charge in [0.2, 0.25) is 0 Å². The summed E-state index contributed by atoms with van der Waals surface area (Å²) in [7, 11) is 0. The van der Waals surface area contributed by atoms with Crippen LogP contribution < -0.4 is 5.32 Å². The number of amidine groups is 1. The fraction of sp³-hybridized carbons (Fsp3) is 0.300. The van der Waals surface area contributed by atoms with Crippen LogP contribution in [0.15, 0.2) is 40.5 Å². The number of hydrogen-bond acceptors (Lipinski definition) is 3. The number of aliphatic imine (C=N–C) groups is 1. The third kappa shape index (κ3) is 5.75. The van der Waals surface area contributed by atoms with Gasteiger partial charge in [-0.3, -0.25) is 4.99 Å². The van der Waals surface area contributed by atoms with Crippen LogP contribution in [0.2, 0.25) is 10.0 Å². The Morgan fingerprint density at radius 2 is 1.92 bits per heavy atom. The molecule has 0 amide bonds. The fourth-order valence-electron chi connectivity index (χ4n) is 2.42.